The Morgan fingerprint density at radius 2 is 1.95 bits per heavy atom. The summed E-state index contributed by atoms with van der Waals surface area (Å²) >= 11 is 0. The van der Waals surface area contributed by atoms with Crippen molar-refractivity contribution in [3.63, 3.8) is 0 Å². The van der Waals surface area contributed by atoms with Crippen LogP contribution in [0.4, 0.5) is 0 Å². The molecule has 2 aromatic carbocycles. The molecule has 0 fully saturated rings. The van der Waals surface area contributed by atoms with Gasteiger partial charge < -0.3 is 5.11 Å². The number of hydrogen-bond acceptors (Lipinski definition) is 2. The van der Waals surface area contributed by atoms with Crippen LogP contribution < -0.4 is 0 Å². The van der Waals surface area contributed by atoms with E-state index >= 15 is 0 Å². The molecule has 114 valence electrons. The van der Waals surface area contributed by atoms with Crippen LogP contribution in [0.1, 0.15) is 47.9 Å². The van der Waals surface area contributed by atoms with Crippen molar-refractivity contribution in [1.29, 1.82) is 0 Å². The number of aromatic hydroxyl groups is 1. The summed E-state index contributed by atoms with van der Waals surface area (Å²) in [6.45, 7) is 4.49. The molecule has 4 rings (SSSR count). The number of rotatable bonds is 2. The Kier molecular flexibility index (Phi) is 3.42. The van der Waals surface area contributed by atoms with Crippen LogP contribution in [-0.4, -0.2) is 22.6 Å². The molecule has 0 radical (unpaired) electrons. The maximum Gasteiger partial charge on any atom is 0.115 e. The van der Waals surface area contributed by atoms with Crippen molar-refractivity contribution in [2.45, 2.75) is 44.7 Å². The Labute approximate surface area is 132 Å². The average Bonchev–Trinajstić information content (AvgIpc) is 2.54. The van der Waals surface area contributed by atoms with E-state index in [0.717, 1.165) is 19.5 Å². The third-order valence-corrected chi connectivity index (χ3v) is 5.30. The van der Waals surface area contributed by atoms with Gasteiger partial charge in [-0.15, -0.1) is 0 Å². The molecule has 2 heteroatoms. The van der Waals surface area contributed by atoms with Gasteiger partial charge in [-0.3, -0.25) is 4.90 Å². The van der Waals surface area contributed by atoms with E-state index in [1.807, 2.05) is 12.1 Å². The Morgan fingerprint density at radius 3 is 2.82 bits per heavy atom. The minimum absolute atomic E-state index is 0.393. The molecule has 2 aliphatic rings. The standard InChI is InChI=1S/C20H23NO/c1-2-11-21-13-15-5-3-4-6-17(15)20-18-12-16(22)9-7-14(18)8-10-19(20)21/h3-7,9,12,19-20,22H,2,8,10-11,13H2,1H3/t19-,20-/m0/s1. The molecule has 0 saturated heterocycles. The van der Waals surface area contributed by atoms with Crippen molar-refractivity contribution in [2.24, 2.45) is 0 Å². The quantitative estimate of drug-likeness (QED) is 0.902. The zero-order chi connectivity index (χ0) is 15.1. The lowest BCUT2D eigenvalue weighted by Gasteiger charge is -2.46. The number of phenols is 1. The summed E-state index contributed by atoms with van der Waals surface area (Å²) in [5, 5.41) is 9.98. The molecule has 0 aromatic heterocycles. The minimum atomic E-state index is 0.393. The fourth-order valence-electron chi connectivity index (χ4n) is 4.39. The Balaban J connectivity index is 1.87. The zero-order valence-corrected chi connectivity index (χ0v) is 13.1. The van der Waals surface area contributed by atoms with Crippen molar-refractivity contribution in [3.8, 4) is 5.75 Å². The summed E-state index contributed by atoms with van der Waals surface area (Å²) < 4.78 is 0. The van der Waals surface area contributed by atoms with Crippen molar-refractivity contribution in [1.82, 2.24) is 4.90 Å². The second-order valence-corrected chi connectivity index (χ2v) is 6.64. The zero-order valence-electron chi connectivity index (χ0n) is 13.1. The van der Waals surface area contributed by atoms with Crippen LogP contribution in [0.15, 0.2) is 42.5 Å². The Hall–Kier alpha value is -1.80. The molecule has 2 atom stereocenters. The third kappa shape index (κ3) is 2.14. The molecule has 0 unspecified atom stereocenters. The molecule has 2 aromatic rings. The highest BCUT2D eigenvalue weighted by Crippen LogP contribution is 2.45. The molecule has 1 aliphatic heterocycles. The monoisotopic (exact) mass is 293 g/mol. The fourth-order valence-corrected chi connectivity index (χ4v) is 4.39. The van der Waals surface area contributed by atoms with Crippen LogP contribution in [0.5, 0.6) is 5.75 Å². The lowest BCUT2D eigenvalue weighted by Crippen LogP contribution is -2.46. The van der Waals surface area contributed by atoms with Gasteiger partial charge in [-0.2, -0.15) is 0 Å². The lowest BCUT2D eigenvalue weighted by molar-refractivity contribution is 0.141. The van der Waals surface area contributed by atoms with Crippen LogP contribution >= 0.6 is 0 Å². The molecule has 1 N–H and O–H groups in total. The molecular weight excluding hydrogens is 270 g/mol. The highest BCUT2D eigenvalue weighted by atomic mass is 16.3. The largest absolute Gasteiger partial charge is 0.508 e. The normalized spacial score (nSPS) is 23.5. The van der Waals surface area contributed by atoms with E-state index in [-0.39, 0.29) is 0 Å². The number of nitrogens with zero attached hydrogens (tertiary/aromatic N) is 1. The van der Waals surface area contributed by atoms with E-state index in [9.17, 15) is 5.11 Å². The summed E-state index contributed by atoms with van der Waals surface area (Å²) in [5.41, 5.74) is 5.66. The van der Waals surface area contributed by atoms with Crippen molar-refractivity contribution in [3.05, 3.63) is 64.7 Å². The first-order valence-corrected chi connectivity index (χ1v) is 8.41. The van der Waals surface area contributed by atoms with Gasteiger partial charge in [0, 0.05) is 18.5 Å². The first-order valence-electron chi connectivity index (χ1n) is 8.41. The molecule has 0 spiro atoms. The molecule has 1 aliphatic carbocycles. The van der Waals surface area contributed by atoms with Gasteiger partial charge in [0.05, 0.1) is 0 Å². The molecule has 0 amide bonds. The Bertz CT molecular complexity index is 694. The predicted molar refractivity (Wildman–Crippen MR) is 89.2 cm³/mol. The van der Waals surface area contributed by atoms with Gasteiger partial charge in [0.2, 0.25) is 0 Å². The second-order valence-electron chi connectivity index (χ2n) is 6.64. The third-order valence-electron chi connectivity index (χ3n) is 5.30. The van der Waals surface area contributed by atoms with E-state index in [1.54, 1.807) is 0 Å². The van der Waals surface area contributed by atoms with Gasteiger partial charge in [0.15, 0.2) is 0 Å². The topological polar surface area (TPSA) is 23.5 Å². The van der Waals surface area contributed by atoms with Gasteiger partial charge in [0.1, 0.15) is 5.75 Å². The summed E-state index contributed by atoms with van der Waals surface area (Å²) in [5.74, 6) is 0.803. The highest BCUT2D eigenvalue weighted by molar-refractivity contribution is 5.49. The SMILES string of the molecule is CCCN1Cc2ccccc2[C@H]2c3cc(O)ccc3CC[C@@H]21. The van der Waals surface area contributed by atoms with Gasteiger partial charge >= 0.3 is 0 Å². The maximum atomic E-state index is 9.98. The van der Waals surface area contributed by atoms with Gasteiger partial charge in [-0.1, -0.05) is 37.3 Å². The fraction of sp³-hybridized carbons (Fsp3) is 0.400. The first kappa shape index (κ1) is 13.8. The molecule has 22 heavy (non-hydrogen) atoms. The highest BCUT2D eigenvalue weighted by Gasteiger charge is 2.38. The number of fused-ring (bicyclic) bond motifs is 5. The van der Waals surface area contributed by atoms with Crippen molar-refractivity contribution < 1.29 is 5.11 Å². The number of aryl methyl sites for hydroxylation is 1. The number of phenolic OH excluding ortho intramolecular Hbond substituents is 1. The summed E-state index contributed by atoms with van der Waals surface area (Å²) in [4.78, 5) is 2.65. The molecule has 0 saturated carbocycles. The predicted octanol–water partition coefficient (Wildman–Crippen LogP) is 4.06. The van der Waals surface area contributed by atoms with Crippen LogP contribution in [0.3, 0.4) is 0 Å². The van der Waals surface area contributed by atoms with E-state index < -0.39 is 0 Å². The van der Waals surface area contributed by atoms with Crippen LogP contribution in [0, 0.1) is 0 Å². The van der Waals surface area contributed by atoms with E-state index in [0.29, 0.717) is 17.7 Å². The second kappa shape index (κ2) is 5.44. The molecular formula is C20H23NO. The van der Waals surface area contributed by atoms with E-state index in [2.05, 4.69) is 42.2 Å². The Morgan fingerprint density at radius 1 is 1.09 bits per heavy atom. The van der Waals surface area contributed by atoms with E-state index in [4.69, 9.17) is 0 Å². The molecule has 1 heterocycles. The number of hydrogen-bond donors (Lipinski definition) is 1. The van der Waals surface area contributed by atoms with Crippen LogP contribution in [0.2, 0.25) is 0 Å². The summed E-state index contributed by atoms with van der Waals surface area (Å²) in [7, 11) is 0. The van der Waals surface area contributed by atoms with Crippen LogP contribution in [-0.2, 0) is 13.0 Å². The minimum Gasteiger partial charge on any atom is -0.508 e. The molecule has 0 bridgehead atoms. The smallest absolute Gasteiger partial charge is 0.115 e. The van der Waals surface area contributed by atoms with Crippen molar-refractivity contribution >= 4 is 0 Å². The maximum absolute atomic E-state index is 9.98. The van der Waals surface area contributed by atoms with Gasteiger partial charge in [0.25, 0.3) is 0 Å². The molecule has 2 nitrogen and oxygen atoms in total. The summed E-state index contributed by atoms with van der Waals surface area (Å²) in [6.07, 6.45) is 3.54. The van der Waals surface area contributed by atoms with Crippen LogP contribution in [0.25, 0.3) is 0 Å². The van der Waals surface area contributed by atoms with Gasteiger partial charge in [-0.25, -0.2) is 0 Å². The number of benzene rings is 2. The van der Waals surface area contributed by atoms with E-state index in [1.165, 1.54) is 35.1 Å². The first-order chi connectivity index (χ1) is 10.8. The average molecular weight is 293 g/mol. The summed E-state index contributed by atoms with van der Waals surface area (Å²) in [6, 6.07) is 15.4. The van der Waals surface area contributed by atoms with Gasteiger partial charge in [-0.05, 0) is 60.2 Å². The van der Waals surface area contributed by atoms with Crippen molar-refractivity contribution in [2.75, 3.05) is 6.54 Å². The lowest BCUT2D eigenvalue weighted by atomic mass is 9.71.